The van der Waals surface area contributed by atoms with E-state index < -0.39 is 10.0 Å². The number of nitrogens with one attached hydrogen (secondary N) is 1. The van der Waals surface area contributed by atoms with Crippen molar-refractivity contribution in [3.63, 3.8) is 0 Å². The molecule has 0 aliphatic rings. The number of benzene rings is 1. The van der Waals surface area contributed by atoms with E-state index in [4.69, 9.17) is 5.73 Å². The van der Waals surface area contributed by atoms with Crippen molar-refractivity contribution in [1.29, 1.82) is 0 Å². The van der Waals surface area contributed by atoms with Gasteiger partial charge in [0.1, 0.15) is 0 Å². The Morgan fingerprint density at radius 3 is 2.72 bits per heavy atom. The van der Waals surface area contributed by atoms with Gasteiger partial charge in [0.05, 0.1) is 4.90 Å². The predicted molar refractivity (Wildman–Crippen MR) is 73.9 cm³/mol. The molecule has 0 saturated carbocycles. The Kier molecular flexibility index (Phi) is 3.70. The third kappa shape index (κ3) is 2.90. The molecular formula is C12H14N2O2S2. The fourth-order valence-electron chi connectivity index (χ4n) is 1.63. The van der Waals surface area contributed by atoms with Gasteiger partial charge >= 0.3 is 0 Å². The first-order valence-electron chi connectivity index (χ1n) is 5.37. The zero-order valence-corrected chi connectivity index (χ0v) is 11.5. The van der Waals surface area contributed by atoms with Crippen molar-refractivity contribution in [2.45, 2.75) is 18.4 Å². The number of aryl methyl sites for hydroxylation is 1. The molecule has 1 aromatic heterocycles. The Morgan fingerprint density at radius 1 is 1.33 bits per heavy atom. The van der Waals surface area contributed by atoms with Crippen LogP contribution in [-0.4, -0.2) is 8.42 Å². The molecule has 3 N–H and O–H groups in total. The minimum atomic E-state index is -3.48. The van der Waals surface area contributed by atoms with E-state index in [1.54, 1.807) is 19.1 Å². The van der Waals surface area contributed by atoms with Crippen LogP contribution in [0.5, 0.6) is 0 Å². The molecule has 18 heavy (non-hydrogen) atoms. The van der Waals surface area contributed by atoms with Gasteiger partial charge in [-0.3, -0.25) is 0 Å². The molecule has 2 aromatic rings. The number of anilines is 1. The van der Waals surface area contributed by atoms with E-state index >= 15 is 0 Å². The van der Waals surface area contributed by atoms with Crippen molar-refractivity contribution in [3.05, 3.63) is 46.2 Å². The Labute approximate surface area is 111 Å². The summed E-state index contributed by atoms with van der Waals surface area (Å²) in [5.74, 6) is 0. The van der Waals surface area contributed by atoms with Crippen LogP contribution in [0.25, 0.3) is 0 Å². The highest BCUT2D eigenvalue weighted by molar-refractivity contribution is 7.89. The second kappa shape index (κ2) is 5.09. The molecule has 6 heteroatoms. The lowest BCUT2D eigenvalue weighted by Crippen LogP contribution is -2.23. The van der Waals surface area contributed by atoms with E-state index in [-0.39, 0.29) is 4.90 Å². The molecule has 0 radical (unpaired) electrons. The van der Waals surface area contributed by atoms with Crippen molar-refractivity contribution in [2.75, 3.05) is 5.73 Å². The molecule has 0 atom stereocenters. The van der Waals surface area contributed by atoms with Gasteiger partial charge in [0.2, 0.25) is 10.0 Å². The molecule has 0 amide bonds. The van der Waals surface area contributed by atoms with Gasteiger partial charge in [0, 0.05) is 17.1 Å². The quantitative estimate of drug-likeness (QED) is 0.844. The molecule has 0 fully saturated rings. The number of nitrogens with two attached hydrogens (primary N) is 1. The maximum Gasteiger partial charge on any atom is 0.241 e. The SMILES string of the molecule is Cc1cc(N)ccc1S(=O)(=O)NCc1cccs1. The summed E-state index contributed by atoms with van der Waals surface area (Å²) < 4.78 is 26.8. The maximum atomic E-state index is 12.1. The first kappa shape index (κ1) is 13.1. The normalized spacial score (nSPS) is 11.6. The maximum absolute atomic E-state index is 12.1. The van der Waals surface area contributed by atoms with Gasteiger partial charge in [0.25, 0.3) is 0 Å². The predicted octanol–water partition coefficient (Wildman–Crippen LogP) is 2.12. The molecule has 1 aromatic carbocycles. The summed E-state index contributed by atoms with van der Waals surface area (Å²) in [7, 11) is -3.48. The van der Waals surface area contributed by atoms with Gasteiger partial charge in [-0.2, -0.15) is 0 Å². The molecule has 0 saturated heterocycles. The molecule has 0 unspecified atom stereocenters. The highest BCUT2D eigenvalue weighted by Crippen LogP contribution is 2.18. The number of sulfonamides is 1. The standard InChI is InChI=1S/C12H14N2O2S2/c1-9-7-10(13)4-5-12(9)18(15,16)14-8-11-3-2-6-17-11/h2-7,14H,8,13H2,1H3. The Balaban J connectivity index is 2.20. The Bertz CT molecular complexity index is 634. The van der Waals surface area contributed by atoms with Gasteiger partial charge in [0.15, 0.2) is 0 Å². The van der Waals surface area contributed by atoms with Crippen LogP contribution in [0.4, 0.5) is 5.69 Å². The topological polar surface area (TPSA) is 72.2 Å². The smallest absolute Gasteiger partial charge is 0.241 e. The minimum absolute atomic E-state index is 0.272. The van der Waals surface area contributed by atoms with Crippen LogP contribution >= 0.6 is 11.3 Å². The molecule has 0 aliphatic heterocycles. The van der Waals surface area contributed by atoms with Crippen molar-refractivity contribution in [3.8, 4) is 0 Å². The van der Waals surface area contributed by atoms with E-state index in [0.29, 0.717) is 17.8 Å². The lowest BCUT2D eigenvalue weighted by atomic mass is 10.2. The summed E-state index contributed by atoms with van der Waals surface area (Å²) in [6.07, 6.45) is 0. The minimum Gasteiger partial charge on any atom is -0.399 e. The number of hydrogen-bond acceptors (Lipinski definition) is 4. The van der Waals surface area contributed by atoms with E-state index in [0.717, 1.165) is 4.88 Å². The summed E-state index contributed by atoms with van der Waals surface area (Å²) >= 11 is 1.52. The van der Waals surface area contributed by atoms with Gasteiger partial charge in [-0.15, -0.1) is 11.3 Å². The van der Waals surface area contributed by atoms with Crippen LogP contribution in [0.2, 0.25) is 0 Å². The lowest BCUT2D eigenvalue weighted by Gasteiger charge is -2.09. The Hall–Kier alpha value is -1.37. The first-order chi connectivity index (χ1) is 8.49. The summed E-state index contributed by atoms with van der Waals surface area (Å²) in [4.78, 5) is 1.25. The first-order valence-corrected chi connectivity index (χ1v) is 7.73. The van der Waals surface area contributed by atoms with Gasteiger partial charge in [-0.1, -0.05) is 6.07 Å². The molecular weight excluding hydrogens is 268 g/mol. The number of hydrogen-bond donors (Lipinski definition) is 2. The average molecular weight is 282 g/mol. The van der Waals surface area contributed by atoms with Crippen molar-refractivity contribution >= 4 is 27.0 Å². The molecule has 0 spiro atoms. The average Bonchev–Trinajstić information content (AvgIpc) is 2.78. The third-order valence-electron chi connectivity index (χ3n) is 2.51. The molecule has 0 aliphatic carbocycles. The fourth-order valence-corrected chi connectivity index (χ4v) is 3.60. The van der Waals surface area contributed by atoms with E-state index in [1.807, 2.05) is 17.5 Å². The van der Waals surface area contributed by atoms with Crippen molar-refractivity contribution in [1.82, 2.24) is 4.72 Å². The van der Waals surface area contributed by atoms with Gasteiger partial charge < -0.3 is 5.73 Å². The van der Waals surface area contributed by atoms with Crippen LogP contribution in [0.3, 0.4) is 0 Å². The molecule has 4 nitrogen and oxygen atoms in total. The molecule has 1 heterocycles. The zero-order chi connectivity index (χ0) is 13.2. The van der Waals surface area contributed by atoms with Crippen LogP contribution in [0.1, 0.15) is 10.4 Å². The zero-order valence-electron chi connectivity index (χ0n) is 9.88. The van der Waals surface area contributed by atoms with Crippen molar-refractivity contribution < 1.29 is 8.42 Å². The van der Waals surface area contributed by atoms with Gasteiger partial charge in [-0.05, 0) is 42.1 Å². The fraction of sp³-hybridized carbons (Fsp3) is 0.167. The van der Waals surface area contributed by atoms with E-state index in [9.17, 15) is 8.42 Å². The second-order valence-electron chi connectivity index (χ2n) is 3.93. The summed E-state index contributed by atoms with van der Waals surface area (Å²) in [5.41, 5.74) is 6.82. The van der Waals surface area contributed by atoms with Gasteiger partial charge in [-0.25, -0.2) is 13.1 Å². The molecule has 96 valence electrons. The second-order valence-corrected chi connectivity index (χ2v) is 6.70. The third-order valence-corrected chi connectivity index (χ3v) is 4.94. The number of nitrogen functional groups attached to an aromatic ring is 1. The van der Waals surface area contributed by atoms with Crippen LogP contribution in [-0.2, 0) is 16.6 Å². The summed E-state index contributed by atoms with van der Waals surface area (Å²) in [6.45, 7) is 2.04. The lowest BCUT2D eigenvalue weighted by molar-refractivity contribution is 0.581. The monoisotopic (exact) mass is 282 g/mol. The number of rotatable bonds is 4. The highest BCUT2D eigenvalue weighted by Gasteiger charge is 2.16. The van der Waals surface area contributed by atoms with Crippen LogP contribution in [0, 0.1) is 6.92 Å². The summed E-state index contributed by atoms with van der Waals surface area (Å²) in [6, 6.07) is 8.56. The largest absolute Gasteiger partial charge is 0.399 e. The van der Waals surface area contributed by atoms with E-state index in [1.165, 1.54) is 17.4 Å². The van der Waals surface area contributed by atoms with E-state index in [2.05, 4.69) is 4.72 Å². The van der Waals surface area contributed by atoms with Crippen molar-refractivity contribution in [2.24, 2.45) is 0 Å². The van der Waals surface area contributed by atoms with Crippen LogP contribution in [0.15, 0.2) is 40.6 Å². The molecule has 0 bridgehead atoms. The Morgan fingerprint density at radius 2 is 2.11 bits per heavy atom. The van der Waals surface area contributed by atoms with Crippen LogP contribution < -0.4 is 10.5 Å². The highest BCUT2D eigenvalue weighted by atomic mass is 32.2. The summed E-state index contributed by atoms with van der Waals surface area (Å²) in [5, 5.41) is 1.91. The number of thiophene rings is 1. The molecule has 2 rings (SSSR count).